The van der Waals surface area contributed by atoms with Crippen LogP contribution in [-0.2, 0) is 12.8 Å². The van der Waals surface area contributed by atoms with Crippen LogP contribution in [0, 0.1) is 13.8 Å². The van der Waals surface area contributed by atoms with Crippen LogP contribution in [0.4, 0.5) is 5.13 Å². The second kappa shape index (κ2) is 7.40. The highest BCUT2D eigenvalue weighted by Gasteiger charge is 2.26. The van der Waals surface area contributed by atoms with Crippen molar-refractivity contribution in [3.63, 3.8) is 0 Å². The number of rotatable bonds is 4. The second-order valence-corrected chi connectivity index (χ2v) is 9.29. The molecule has 1 fully saturated rings. The van der Waals surface area contributed by atoms with Gasteiger partial charge in [-0.3, -0.25) is 4.79 Å². The van der Waals surface area contributed by atoms with E-state index in [2.05, 4.69) is 15.5 Å². The zero-order valence-electron chi connectivity index (χ0n) is 16.9. The fourth-order valence-corrected chi connectivity index (χ4v) is 5.67. The molecule has 7 nitrogen and oxygen atoms in total. The Morgan fingerprint density at radius 2 is 1.93 bits per heavy atom. The van der Waals surface area contributed by atoms with Gasteiger partial charge in [0.05, 0.1) is 17.4 Å². The van der Waals surface area contributed by atoms with Gasteiger partial charge < -0.3 is 5.32 Å². The van der Waals surface area contributed by atoms with Crippen LogP contribution in [0.2, 0.25) is 0 Å². The molecule has 5 rings (SSSR count). The lowest BCUT2D eigenvalue weighted by molar-refractivity contribution is 0.302. The summed E-state index contributed by atoms with van der Waals surface area (Å²) in [5.41, 5.74) is 3.22. The molecule has 8 heteroatoms. The van der Waals surface area contributed by atoms with E-state index in [9.17, 15) is 4.79 Å². The van der Waals surface area contributed by atoms with Crippen LogP contribution in [0.3, 0.4) is 0 Å². The van der Waals surface area contributed by atoms with Crippen LogP contribution in [0.1, 0.15) is 60.1 Å². The second-order valence-electron chi connectivity index (χ2n) is 8.21. The van der Waals surface area contributed by atoms with Gasteiger partial charge in [0, 0.05) is 22.7 Å². The Morgan fingerprint density at radius 1 is 1.10 bits per heavy atom. The first-order chi connectivity index (χ1) is 14.1. The SMILES string of the molecule is Cc1cc(C)n(-c2ccc(=O)n(C3CCC(Nc4nc5c(s4)CCC5)CC3)n2)n1. The summed E-state index contributed by atoms with van der Waals surface area (Å²) in [6, 6.07) is 5.95. The molecular weight excluding hydrogens is 384 g/mol. The van der Waals surface area contributed by atoms with Gasteiger partial charge in [0.25, 0.3) is 5.56 Å². The van der Waals surface area contributed by atoms with Gasteiger partial charge in [-0.15, -0.1) is 16.4 Å². The maximum atomic E-state index is 12.5. The summed E-state index contributed by atoms with van der Waals surface area (Å²) in [5.74, 6) is 0.702. The average Bonchev–Trinajstić information content (AvgIpc) is 3.38. The van der Waals surface area contributed by atoms with Crippen molar-refractivity contribution in [2.45, 2.75) is 70.9 Å². The van der Waals surface area contributed by atoms with Crippen molar-refractivity contribution in [2.24, 2.45) is 0 Å². The molecule has 0 atom stereocenters. The molecular formula is C21H26N6OS. The standard InChI is InChI=1S/C21H26N6OS/c1-13-12-14(2)26(24-13)19-10-11-20(28)27(25-19)16-8-6-15(7-9-16)22-21-23-17-4-3-5-18(17)29-21/h10-12,15-16H,3-9H2,1-2H3,(H,22,23). The Hall–Kier alpha value is -2.48. The molecule has 1 N–H and O–H groups in total. The zero-order chi connectivity index (χ0) is 20.0. The molecule has 152 valence electrons. The lowest BCUT2D eigenvalue weighted by Gasteiger charge is -2.29. The van der Waals surface area contributed by atoms with Crippen LogP contribution in [0.15, 0.2) is 23.0 Å². The van der Waals surface area contributed by atoms with E-state index in [1.807, 2.05) is 31.3 Å². The van der Waals surface area contributed by atoms with Crippen molar-refractivity contribution in [1.82, 2.24) is 24.5 Å². The molecule has 3 aromatic heterocycles. The molecule has 0 radical (unpaired) electrons. The van der Waals surface area contributed by atoms with Gasteiger partial charge in [0.2, 0.25) is 0 Å². The number of hydrogen-bond donors (Lipinski definition) is 1. The first kappa shape index (κ1) is 18.5. The summed E-state index contributed by atoms with van der Waals surface area (Å²) < 4.78 is 3.47. The van der Waals surface area contributed by atoms with Crippen LogP contribution in [0.5, 0.6) is 0 Å². The van der Waals surface area contributed by atoms with Crippen molar-refractivity contribution in [3.05, 3.63) is 50.5 Å². The highest BCUT2D eigenvalue weighted by Crippen LogP contribution is 2.33. The maximum absolute atomic E-state index is 12.5. The van der Waals surface area contributed by atoms with Gasteiger partial charge in [0.15, 0.2) is 10.9 Å². The topological polar surface area (TPSA) is 77.6 Å². The number of anilines is 1. The molecule has 0 unspecified atom stereocenters. The summed E-state index contributed by atoms with van der Waals surface area (Å²) in [7, 11) is 0. The van der Waals surface area contributed by atoms with E-state index in [4.69, 9.17) is 4.98 Å². The first-order valence-corrected chi connectivity index (χ1v) is 11.3. The summed E-state index contributed by atoms with van der Waals surface area (Å²) in [5, 5.41) is 13.9. The minimum atomic E-state index is -0.0389. The number of hydrogen-bond acceptors (Lipinski definition) is 6. The summed E-state index contributed by atoms with van der Waals surface area (Å²) in [6.45, 7) is 3.97. The number of nitrogens with zero attached hydrogens (tertiary/aromatic N) is 5. The largest absolute Gasteiger partial charge is 0.359 e. The summed E-state index contributed by atoms with van der Waals surface area (Å²) in [4.78, 5) is 18.7. The molecule has 3 heterocycles. The molecule has 29 heavy (non-hydrogen) atoms. The van der Waals surface area contributed by atoms with Gasteiger partial charge in [-0.05, 0) is 70.9 Å². The molecule has 3 aromatic rings. The van der Waals surface area contributed by atoms with Crippen molar-refractivity contribution < 1.29 is 0 Å². The van der Waals surface area contributed by atoms with Crippen LogP contribution >= 0.6 is 11.3 Å². The van der Waals surface area contributed by atoms with Crippen molar-refractivity contribution in [1.29, 1.82) is 0 Å². The molecule has 0 saturated heterocycles. The normalized spacial score (nSPS) is 21.3. The minimum absolute atomic E-state index is 0.0389. The summed E-state index contributed by atoms with van der Waals surface area (Å²) >= 11 is 1.82. The third-order valence-corrected chi connectivity index (χ3v) is 7.09. The lowest BCUT2D eigenvalue weighted by atomic mass is 9.91. The first-order valence-electron chi connectivity index (χ1n) is 10.5. The van der Waals surface area contributed by atoms with E-state index < -0.39 is 0 Å². The minimum Gasteiger partial charge on any atom is -0.359 e. The quantitative estimate of drug-likeness (QED) is 0.711. The predicted molar refractivity (Wildman–Crippen MR) is 114 cm³/mol. The molecule has 2 aliphatic rings. The van der Waals surface area contributed by atoms with Gasteiger partial charge >= 0.3 is 0 Å². The molecule has 1 saturated carbocycles. The summed E-state index contributed by atoms with van der Waals surface area (Å²) in [6.07, 6.45) is 7.48. The highest BCUT2D eigenvalue weighted by molar-refractivity contribution is 7.15. The van der Waals surface area contributed by atoms with E-state index in [0.717, 1.165) is 48.6 Å². The molecule has 0 aromatic carbocycles. The van der Waals surface area contributed by atoms with E-state index in [0.29, 0.717) is 11.9 Å². The van der Waals surface area contributed by atoms with Crippen molar-refractivity contribution in [3.8, 4) is 5.82 Å². The fraction of sp³-hybridized carbons (Fsp3) is 0.524. The third kappa shape index (κ3) is 3.61. The number of nitrogens with one attached hydrogen (secondary N) is 1. The van der Waals surface area contributed by atoms with E-state index in [1.165, 1.54) is 23.4 Å². The molecule has 0 bridgehead atoms. The molecule has 0 aliphatic heterocycles. The van der Waals surface area contributed by atoms with Crippen molar-refractivity contribution >= 4 is 16.5 Å². The van der Waals surface area contributed by atoms with Gasteiger partial charge in [-0.2, -0.15) is 5.10 Å². The van der Waals surface area contributed by atoms with Gasteiger partial charge in [-0.1, -0.05) is 0 Å². The van der Waals surface area contributed by atoms with Crippen LogP contribution in [0.25, 0.3) is 5.82 Å². The Morgan fingerprint density at radius 3 is 2.66 bits per heavy atom. The third-order valence-electron chi connectivity index (χ3n) is 6.00. The number of thiazole rings is 1. The Kier molecular flexibility index (Phi) is 4.73. The zero-order valence-corrected chi connectivity index (χ0v) is 17.7. The maximum Gasteiger partial charge on any atom is 0.267 e. The van der Waals surface area contributed by atoms with Crippen LogP contribution in [-0.4, -0.2) is 30.6 Å². The van der Waals surface area contributed by atoms with Crippen molar-refractivity contribution in [2.75, 3.05) is 5.32 Å². The van der Waals surface area contributed by atoms with E-state index >= 15 is 0 Å². The number of fused-ring (bicyclic) bond motifs is 1. The van der Waals surface area contributed by atoms with Gasteiger partial charge in [-0.25, -0.2) is 14.3 Å². The Labute approximate surface area is 173 Å². The van der Waals surface area contributed by atoms with E-state index in [-0.39, 0.29) is 11.6 Å². The molecule has 0 spiro atoms. The Balaban J connectivity index is 1.28. The predicted octanol–water partition coefficient (Wildman–Crippen LogP) is 3.59. The average molecular weight is 411 g/mol. The number of aryl methyl sites for hydroxylation is 4. The highest BCUT2D eigenvalue weighted by atomic mass is 32.1. The van der Waals surface area contributed by atoms with Gasteiger partial charge in [0.1, 0.15) is 0 Å². The number of aromatic nitrogens is 5. The molecule has 0 amide bonds. The van der Waals surface area contributed by atoms with Crippen LogP contribution < -0.4 is 10.9 Å². The van der Waals surface area contributed by atoms with E-state index in [1.54, 1.807) is 21.5 Å². The lowest BCUT2D eigenvalue weighted by Crippen LogP contribution is -2.33. The Bertz CT molecular complexity index is 1070. The molecule has 2 aliphatic carbocycles. The monoisotopic (exact) mass is 410 g/mol. The smallest absolute Gasteiger partial charge is 0.267 e. The fourth-order valence-electron chi connectivity index (χ4n) is 4.54.